The maximum absolute atomic E-state index is 9.23. The highest BCUT2D eigenvalue weighted by atomic mass is 15.4. The quantitative estimate of drug-likeness (QED) is 0.490. The summed E-state index contributed by atoms with van der Waals surface area (Å²) in [4.78, 5) is 16.6. The fraction of sp³-hybridized carbons (Fsp3) is 0.304. The van der Waals surface area contributed by atoms with Gasteiger partial charge in [-0.1, -0.05) is 17.3 Å². The minimum Gasteiger partial charge on any atom is -0.372 e. The van der Waals surface area contributed by atoms with Crippen molar-refractivity contribution >= 4 is 22.9 Å². The molecule has 4 aromatic rings. The Morgan fingerprint density at radius 3 is 2.58 bits per heavy atom. The molecule has 3 aromatic heterocycles. The molecule has 0 radical (unpaired) electrons. The number of aryl methyl sites for hydroxylation is 1. The van der Waals surface area contributed by atoms with Crippen molar-refractivity contribution in [1.29, 1.82) is 5.26 Å². The molecule has 10 nitrogen and oxygen atoms in total. The van der Waals surface area contributed by atoms with E-state index in [1.807, 2.05) is 32.3 Å². The molecule has 0 amide bonds. The second-order valence-electron chi connectivity index (χ2n) is 8.14. The smallest absolute Gasteiger partial charge is 0.227 e. The molecule has 0 bridgehead atoms. The number of fused-ring (bicyclic) bond motifs is 1. The number of aromatic nitrogens is 6. The van der Waals surface area contributed by atoms with Gasteiger partial charge in [-0.2, -0.15) is 10.2 Å². The van der Waals surface area contributed by atoms with Gasteiger partial charge in [-0.3, -0.25) is 0 Å². The Morgan fingerprint density at radius 2 is 1.88 bits per heavy atom. The van der Waals surface area contributed by atoms with Crippen molar-refractivity contribution < 1.29 is 0 Å². The fourth-order valence-electron chi connectivity index (χ4n) is 4.12. The minimum atomic E-state index is 0.215. The maximum Gasteiger partial charge on any atom is 0.227 e. The maximum atomic E-state index is 9.23. The van der Waals surface area contributed by atoms with Crippen LogP contribution >= 0.6 is 0 Å². The molecule has 0 unspecified atom stereocenters. The highest BCUT2D eigenvalue weighted by Crippen LogP contribution is 2.38. The van der Waals surface area contributed by atoms with Gasteiger partial charge in [0.15, 0.2) is 5.65 Å². The van der Waals surface area contributed by atoms with Crippen molar-refractivity contribution in [3.8, 4) is 28.5 Å². The van der Waals surface area contributed by atoms with Gasteiger partial charge in [0, 0.05) is 50.6 Å². The van der Waals surface area contributed by atoms with E-state index in [2.05, 4.69) is 31.6 Å². The van der Waals surface area contributed by atoms with Crippen LogP contribution in [0.4, 0.5) is 11.8 Å². The summed E-state index contributed by atoms with van der Waals surface area (Å²) in [6.45, 7) is 1.62. The molecular formula is C23H24N10. The monoisotopic (exact) mass is 440 g/mol. The standard InChI is InChI=1S/C23H24N10/c1-26-21-19(16-11-18-22(27-13-16)32(2)31-30-18)20(15-5-3-14(12-24)4-6-15)28-23(29-21)33-9-7-17(25)8-10-33/h3-6,11,13,17H,7-10,25H2,1-2H3,(H,26,28,29). The van der Waals surface area contributed by atoms with Gasteiger partial charge >= 0.3 is 0 Å². The number of hydrogen-bond donors (Lipinski definition) is 2. The Bertz CT molecular complexity index is 1340. The normalized spacial score (nSPS) is 14.4. The predicted octanol–water partition coefficient (Wildman–Crippen LogP) is 2.33. The van der Waals surface area contributed by atoms with Crippen LogP contribution < -0.4 is 16.0 Å². The second kappa shape index (κ2) is 8.44. The van der Waals surface area contributed by atoms with Crippen LogP contribution in [-0.2, 0) is 7.05 Å². The number of nitrogens with two attached hydrogens (primary N) is 1. The molecule has 0 saturated carbocycles. The number of rotatable bonds is 4. The first kappa shape index (κ1) is 20.8. The fourth-order valence-corrected chi connectivity index (χ4v) is 4.12. The van der Waals surface area contributed by atoms with Crippen molar-refractivity contribution in [3.63, 3.8) is 0 Å². The lowest BCUT2D eigenvalue weighted by atomic mass is 9.99. The Labute approximate surface area is 191 Å². The molecule has 1 aliphatic rings. The third-order valence-corrected chi connectivity index (χ3v) is 5.97. The Morgan fingerprint density at radius 1 is 1.12 bits per heavy atom. The second-order valence-corrected chi connectivity index (χ2v) is 8.14. The van der Waals surface area contributed by atoms with E-state index in [4.69, 9.17) is 15.7 Å². The Balaban J connectivity index is 1.70. The van der Waals surface area contributed by atoms with Gasteiger partial charge in [-0.15, -0.1) is 5.10 Å². The summed E-state index contributed by atoms with van der Waals surface area (Å²) in [5.41, 5.74) is 11.4. The Kier molecular flexibility index (Phi) is 5.32. The summed E-state index contributed by atoms with van der Waals surface area (Å²) in [7, 11) is 3.66. The van der Waals surface area contributed by atoms with Gasteiger partial charge in [0.2, 0.25) is 5.95 Å². The van der Waals surface area contributed by atoms with Gasteiger partial charge in [0.25, 0.3) is 0 Å². The van der Waals surface area contributed by atoms with E-state index in [1.54, 1.807) is 23.0 Å². The van der Waals surface area contributed by atoms with Gasteiger partial charge < -0.3 is 16.0 Å². The average molecular weight is 441 g/mol. The third-order valence-electron chi connectivity index (χ3n) is 5.97. The molecule has 1 fully saturated rings. The van der Waals surface area contributed by atoms with Crippen LogP contribution in [0.3, 0.4) is 0 Å². The van der Waals surface area contributed by atoms with Gasteiger partial charge in [-0.25, -0.2) is 14.6 Å². The van der Waals surface area contributed by atoms with E-state index in [0.717, 1.165) is 48.3 Å². The molecule has 166 valence electrons. The number of hydrogen-bond acceptors (Lipinski definition) is 9. The minimum absolute atomic E-state index is 0.215. The molecule has 1 aromatic carbocycles. The summed E-state index contributed by atoms with van der Waals surface area (Å²) in [5, 5.41) is 20.8. The first-order valence-corrected chi connectivity index (χ1v) is 10.8. The van der Waals surface area contributed by atoms with E-state index in [-0.39, 0.29) is 6.04 Å². The van der Waals surface area contributed by atoms with E-state index < -0.39 is 0 Å². The summed E-state index contributed by atoms with van der Waals surface area (Å²) in [5.74, 6) is 1.35. The molecule has 4 heterocycles. The van der Waals surface area contributed by atoms with Crippen molar-refractivity contribution in [1.82, 2.24) is 29.9 Å². The molecule has 0 aliphatic carbocycles. The van der Waals surface area contributed by atoms with Gasteiger partial charge in [0.1, 0.15) is 11.3 Å². The van der Waals surface area contributed by atoms with Crippen LogP contribution in [0.2, 0.25) is 0 Å². The van der Waals surface area contributed by atoms with Crippen LogP contribution in [0.15, 0.2) is 36.5 Å². The topological polar surface area (TPSA) is 134 Å². The molecule has 0 atom stereocenters. The van der Waals surface area contributed by atoms with E-state index in [1.165, 1.54) is 0 Å². The number of nitriles is 1. The number of piperidine rings is 1. The average Bonchev–Trinajstić information content (AvgIpc) is 3.23. The lowest BCUT2D eigenvalue weighted by molar-refractivity contribution is 0.496. The van der Waals surface area contributed by atoms with Crippen molar-refractivity contribution in [2.45, 2.75) is 18.9 Å². The SMILES string of the molecule is CNc1nc(N2CCC(N)CC2)nc(-c2ccc(C#N)cc2)c1-c1cnc2c(c1)nnn2C. The van der Waals surface area contributed by atoms with Crippen LogP contribution in [0.1, 0.15) is 18.4 Å². The van der Waals surface area contributed by atoms with Gasteiger partial charge in [0.05, 0.1) is 22.9 Å². The Hall–Kier alpha value is -4.10. The molecule has 3 N–H and O–H groups in total. The highest BCUT2D eigenvalue weighted by Gasteiger charge is 2.23. The number of pyridine rings is 1. The predicted molar refractivity (Wildman–Crippen MR) is 126 cm³/mol. The van der Waals surface area contributed by atoms with Crippen molar-refractivity contribution in [3.05, 3.63) is 42.1 Å². The van der Waals surface area contributed by atoms with E-state index in [9.17, 15) is 5.26 Å². The molecule has 33 heavy (non-hydrogen) atoms. The summed E-state index contributed by atoms with van der Waals surface area (Å²) in [6.07, 6.45) is 3.59. The van der Waals surface area contributed by atoms with Crippen LogP contribution in [0.25, 0.3) is 33.5 Å². The zero-order valence-corrected chi connectivity index (χ0v) is 18.5. The highest BCUT2D eigenvalue weighted by molar-refractivity contribution is 5.91. The number of benzene rings is 1. The van der Waals surface area contributed by atoms with E-state index >= 15 is 0 Å². The lowest BCUT2D eigenvalue weighted by Gasteiger charge is -2.31. The van der Waals surface area contributed by atoms with Crippen LogP contribution in [-0.4, -0.2) is 56.1 Å². The van der Waals surface area contributed by atoms with Crippen LogP contribution in [0.5, 0.6) is 0 Å². The summed E-state index contributed by atoms with van der Waals surface area (Å²) >= 11 is 0. The molecule has 10 heteroatoms. The summed E-state index contributed by atoms with van der Waals surface area (Å²) < 4.78 is 1.64. The molecule has 5 rings (SSSR count). The molecule has 1 saturated heterocycles. The number of nitrogens with zero attached hydrogens (tertiary/aromatic N) is 8. The lowest BCUT2D eigenvalue weighted by Crippen LogP contribution is -2.40. The summed E-state index contributed by atoms with van der Waals surface area (Å²) in [6, 6.07) is 11.7. The molecule has 0 spiro atoms. The van der Waals surface area contributed by atoms with E-state index in [0.29, 0.717) is 28.5 Å². The number of nitrogens with one attached hydrogen (secondary N) is 1. The van der Waals surface area contributed by atoms with Crippen molar-refractivity contribution in [2.24, 2.45) is 12.8 Å². The number of anilines is 2. The zero-order chi connectivity index (χ0) is 22.9. The first-order chi connectivity index (χ1) is 16.1. The first-order valence-electron chi connectivity index (χ1n) is 10.8. The largest absolute Gasteiger partial charge is 0.372 e. The van der Waals surface area contributed by atoms with Crippen molar-refractivity contribution in [2.75, 3.05) is 30.4 Å². The molecular weight excluding hydrogens is 416 g/mol. The third kappa shape index (κ3) is 3.83. The zero-order valence-electron chi connectivity index (χ0n) is 18.5. The van der Waals surface area contributed by atoms with Gasteiger partial charge in [-0.05, 0) is 31.0 Å². The molecule has 1 aliphatic heterocycles. The van der Waals surface area contributed by atoms with Crippen LogP contribution in [0, 0.1) is 11.3 Å².